The van der Waals surface area contributed by atoms with Crippen LogP contribution in [-0.4, -0.2) is 24.5 Å². The fraction of sp³-hybridized carbons (Fsp3) is 0.294. The number of guanidine groups is 1. The van der Waals surface area contributed by atoms with E-state index in [0.717, 1.165) is 46.4 Å². The predicted molar refractivity (Wildman–Crippen MR) is 95.0 cm³/mol. The van der Waals surface area contributed by atoms with E-state index < -0.39 is 0 Å². The van der Waals surface area contributed by atoms with Crippen molar-refractivity contribution in [2.75, 3.05) is 13.6 Å². The normalized spacial score (nSPS) is 11.8. The molecule has 0 amide bonds. The molecule has 0 bridgehead atoms. The maximum absolute atomic E-state index is 5.79. The van der Waals surface area contributed by atoms with E-state index in [1.807, 2.05) is 37.3 Å². The fourth-order valence-electron chi connectivity index (χ4n) is 2.35. The van der Waals surface area contributed by atoms with Crippen LogP contribution in [0.1, 0.15) is 16.5 Å². The number of rotatable bonds is 5. The topological polar surface area (TPSA) is 62.5 Å². The van der Waals surface area contributed by atoms with Crippen LogP contribution in [0.2, 0.25) is 0 Å². The Labute approximate surface area is 139 Å². The van der Waals surface area contributed by atoms with E-state index in [-0.39, 0.29) is 0 Å². The minimum Gasteiger partial charge on any atom is -0.459 e. The second-order valence-corrected chi connectivity index (χ2v) is 6.27. The number of nitrogens with zero attached hydrogens (tertiary/aromatic N) is 2. The van der Waals surface area contributed by atoms with Crippen molar-refractivity contribution in [1.29, 1.82) is 0 Å². The van der Waals surface area contributed by atoms with Crippen LogP contribution in [0.3, 0.4) is 0 Å². The Balaban J connectivity index is 1.49. The van der Waals surface area contributed by atoms with Crippen molar-refractivity contribution in [2.24, 2.45) is 4.99 Å². The lowest BCUT2D eigenvalue weighted by Gasteiger charge is -2.10. The third kappa shape index (κ3) is 4.10. The lowest BCUT2D eigenvalue weighted by molar-refractivity contribution is 0.538. The van der Waals surface area contributed by atoms with Crippen LogP contribution in [0.25, 0.3) is 11.0 Å². The van der Waals surface area contributed by atoms with Crippen molar-refractivity contribution in [2.45, 2.75) is 19.9 Å². The molecule has 2 aromatic heterocycles. The summed E-state index contributed by atoms with van der Waals surface area (Å²) in [6, 6.07) is 10.1. The average Bonchev–Trinajstić information content (AvgIpc) is 3.16. The van der Waals surface area contributed by atoms with Crippen LogP contribution >= 0.6 is 11.3 Å². The van der Waals surface area contributed by atoms with Crippen molar-refractivity contribution in [3.05, 3.63) is 52.2 Å². The molecule has 120 valence electrons. The SMILES string of the molecule is CN=C(NCCc1csc(C)n1)NCc1cc2ccccc2o1. The lowest BCUT2D eigenvalue weighted by Crippen LogP contribution is -2.37. The molecule has 0 unspecified atom stereocenters. The number of hydrogen-bond acceptors (Lipinski definition) is 4. The fourth-order valence-corrected chi connectivity index (χ4v) is 2.99. The summed E-state index contributed by atoms with van der Waals surface area (Å²) in [6.45, 7) is 3.42. The summed E-state index contributed by atoms with van der Waals surface area (Å²) in [6.07, 6.45) is 0.885. The van der Waals surface area contributed by atoms with Gasteiger partial charge in [0.25, 0.3) is 0 Å². The van der Waals surface area contributed by atoms with Gasteiger partial charge in [-0.05, 0) is 19.1 Å². The summed E-state index contributed by atoms with van der Waals surface area (Å²) in [4.78, 5) is 8.68. The highest BCUT2D eigenvalue weighted by Gasteiger charge is 2.05. The minimum absolute atomic E-state index is 0.601. The van der Waals surface area contributed by atoms with Gasteiger partial charge in [0.15, 0.2) is 5.96 Å². The monoisotopic (exact) mass is 328 g/mol. The van der Waals surface area contributed by atoms with Crippen molar-refractivity contribution >= 4 is 28.3 Å². The highest BCUT2D eigenvalue weighted by atomic mass is 32.1. The zero-order valence-corrected chi connectivity index (χ0v) is 14.1. The average molecular weight is 328 g/mol. The first-order valence-corrected chi connectivity index (χ1v) is 8.45. The third-order valence-corrected chi connectivity index (χ3v) is 4.29. The standard InChI is InChI=1S/C17H20N4OS/c1-12-21-14(11-23-12)7-8-19-17(18-2)20-10-15-9-13-5-3-4-6-16(13)22-15/h3-6,9,11H,7-8,10H2,1-2H3,(H2,18,19,20). The summed E-state index contributed by atoms with van der Waals surface area (Å²) in [5.74, 6) is 1.65. The molecule has 3 aromatic rings. The van der Waals surface area contributed by atoms with Gasteiger partial charge in [-0.15, -0.1) is 11.3 Å². The van der Waals surface area contributed by atoms with E-state index in [9.17, 15) is 0 Å². The van der Waals surface area contributed by atoms with Crippen LogP contribution in [-0.2, 0) is 13.0 Å². The molecule has 5 nitrogen and oxygen atoms in total. The van der Waals surface area contributed by atoms with Crippen molar-refractivity contribution in [3.8, 4) is 0 Å². The number of aliphatic imine (C=N–C) groups is 1. The van der Waals surface area contributed by atoms with Crippen LogP contribution in [0.15, 0.2) is 45.1 Å². The predicted octanol–water partition coefficient (Wildman–Crippen LogP) is 3.11. The van der Waals surface area contributed by atoms with Crippen LogP contribution in [0.4, 0.5) is 0 Å². The molecular weight excluding hydrogens is 308 g/mol. The number of para-hydroxylation sites is 1. The highest BCUT2D eigenvalue weighted by molar-refractivity contribution is 7.09. The Bertz CT molecular complexity index is 773. The molecule has 0 aliphatic carbocycles. The van der Waals surface area contributed by atoms with E-state index in [0.29, 0.717) is 6.54 Å². The molecule has 0 saturated heterocycles. The molecule has 0 aliphatic heterocycles. The van der Waals surface area contributed by atoms with Crippen LogP contribution < -0.4 is 10.6 Å². The molecule has 0 saturated carbocycles. The number of nitrogens with one attached hydrogen (secondary N) is 2. The first-order chi connectivity index (χ1) is 11.2. The van der Waals surface area contributed by atoms with Gasteiger partial charge in [0.05, 0.1) is 17.2 Å². The molecule has 0 aliphatic rings. The van der Waals surface area contributed by atoms with Gasteiger partial charge in [0.2, 0.25) is 0 Å². The Morgan fingerprint density at radius 2 is 2.17 bits per heavy atom. The summed E-state index contributed by atoms with van der Waals surface area (Å²) >= 11 is 1.68. The largest absolute Gasteiger partial charge is 0.459 e. The van der Waals surface area contributed by atoms with Crippen molar-refractivity contribution in [3.63, 3.8) is 0 Å². The number of thiazole rings is 1. The van der Waals surface area contributed by atoms with Gasteiger partial charge in [0.1, 0.15) is 11.3 Å². The Hall–Kier alpha value is -2.34. The zero-order chi connectivity index (χ0) is 16.1. The summed E-state index contributed by atoms with van der Waals surface area (Å²) in [7, 11) is 1.76. The second kappa shape index (κ2) is 7.28. The molecule has 0 spiro atoms. The lowest BCUT2D eigenvalue weighted by atomic mass is 10.2. The molecule has 0 fully saturated rings. The summed E-state index contributed by atoms with van der Waals surface area (Å²) in [5, 5.41) is 10.9. The second-order valence-electron chi connectivity index (χ2n) is 5.21. The van der Waals surface area contributed by atoms with E-state index in [1.165, 1.54) is 0 Å². The molecule has 6 heteroatoms. The minimum atomic E-state index is 0.601. The molecule has 0 atom stereocenters. The zero-order valence-electron chi connectivity index (χ0n) is 13.3. The first-order valence-electron chi connectivity index (χ1n) is 7.57. The first kappa shape index (κ1) is 15.6. The van der Waals surface area contributed by atoms with Gasteiger partial charge in [-0.3, -0.25) is 4.99 Å². The van der Waals surface area contributed by atoms with E-state index in [2.05, 4.69) is 26.0 Å². The van der Waals surface area contributed by atoms with Gasteiger partial charge < -0.3 is 15.1 Å². The molecular formula is C17H20N4OS. The molecule has 23 heavy (non-hydrogen) atoms. The molecule has 1 aromatic carbocycles. The quantitative estimate of drug-likeness (QED) is 0.558. The number of aryl methyl sites for hydroxylation is 1. The summed E-state index contributed by atoms with van der Waals surface area (Å²) < 4.78 is 5.79. The number of hydrogen-bond donors (Lipinski definition) is 2. The molecule has 3 rings (SSSR count). The van der Waals surface area contributed by atoms with Gasteiger partial charge >= 0.3 is 0 Å². The van der Waals surface area contributed by atoms with E-state index >= 15 is 0 Å². The highest BCUT2D eigenvalue weighted by Crippen LogP contribution is 2.18. The Kier molecular flexibility index (Phi) is 4.92. The maximum atomic E-state index is 5.79. The van der Waals surface area contributed by atoms with Gasteiger partial charge in [0, 0.05) is 30.8 Å². The van der Waals surface area contributed by atoms with E-state index in [1.54, 1.807) is 18.4 Å². The van der Waals surface area contributed by atoms with Crippen LogP contribution in [0.5, 0.6) is 0 Å². The van der Waals surface area contributed by atoms with Gasteiger partial charge in [-0.1, -0.05) is 18.2 Å². The van der Waals surface area contributed by atoms with E-state index in [4.69, 9.17) is 4.42 Å². The third-order valence-electron chi connectivity index (χ3n) is 3.47. The Morgan fingerprint density at radius 1 is 1.30 bits per heavy atom. The number of furan rings is 1. The maximum Gasteiger partial charge on any atom is 0.191 e. The number of benzene rings is 1. The van der Waals surface area contributed by atoms with Gasteiger partial charge in [-0.25, -0.2) is 4.98 Å². The molecule has 2 N–H and O–H groups in total. The van der Waals surface area contributed by atoms with Crippen molar-refractivity contribution in [1.82, 2.24) is 15.6 Å². The summed E-state index contributed by atoms with van der Waals surface area (Å²) in [5.41, 5.74) is 2.03. The van der Waals surface area contributed by atoms with Crippen LogP contribution in [0, 0.1) is 6.92 Å². The number of fused-ring (bicyclic) bond motifs is 1. The Morgan fingerprint density at radius 3 is 2.91 bits per heavy atom. The molecule has 2 heterocycles. The number of aromatic nitrogens is 1. The molecule has 0 radical (unpaired) electrons. The van der Waals surface area contributed by atoms with Crippen molar-refractivity contribution < 1.29 is 4.42 Å². The smallest absolute Gasteiger partial charge is 0.191 e. The van der Waals surface area contributed by atoms with Gasteiger partial charge in [-0.2, -0.15) is 0 Å².